The van der Waals surface area contributed by atoms with Gasteiger partial charge in [-0.15, -0.1) is 11.8 Å². The summed E-state index contributed by atoms with van der Waals surface area (Å²) >= 11 is 1.42. The molecular weight excluding hydrogens is 458 g/mol. The van der Waals surface area contributed by atoms with Crippen LogP contribution in [0.15, 0.2) is 78.9 Å². The number of fused-ring (bicyclic) bond motifs is 2. The minimum atomic E-state index is -1.08. The van der Waals surface area contributed by atoms with Crippen molar-refractivity contribution >= 4 is 35.0 Å². The average Bonchev–Trinajstić information content (AvgIpc) is 3.58. The van der Waals surface area contributed by atoms with Crippen LogP contribution in [0.5, 0.6) is 5.75 Å². The van der Waals surface area contributed by atoms with E-state index in [1.807, 2.05) is 59.5 Å². The molecule has 3 aromatic rings. The van der Waals surface area contributed by atoms with E-state index in [2.05, 4.69) is 29.2 Å². The van der Waals surface area contributed by atoms with Gasteiger partial charge in [0.25, 0.3) is 5.91 Å². The van der Waals surface area contributed by atoms with Crippen LogP contribution in [-0.2, 0) is 14.5 Å². The van der Waals surface area contributed by atoms with Gasteiger partial charge in [-0.05, 0) is 48.2 Å². The number of rotatable bonds is 5. The van der Waals surface area contributed by atoms with Crippen LogP contribution in [0, 0.1) is 0 Å². The van der Waals surface area contributed by atoms with Crippen LogP contribution in [0.2, 0.25) is 0 Å². The van der Waals surface area contributed by atoms with Gasteiger partial charge in [0, 0.05) is 24.3 Å². The van der Waals surface area contributed by atoms with E-state index in [9.17, 15) is 9.59 Å². The number of carbonyl (C=O) groups excluding carboxylic acids is 2. The quantitative estimate of drug-likeness (QED) is 0.536. The van der Waals surface area contributed by atoms with Crippen molar-refractivity contribution in [1.82, 2.24) is 4.90 Å². The van der Waals surface area contributed by atoms with Crippen LogP contribution in [-0.4, -0.2) is 49.3 Å². The fourth-order valence-electron chi connectivity index (χ4n) is 5.59. The third-order valence-corrected chi connectivity index (χ3v) is 8.67. The highest BCUT2D eigenvalue weighted by molar-refractivity contribution is 8.02. The number of hydrogen-bond donors (Lipinski definition) is 0. The lowest BCUT2D eigenvalue weighted by Crippen LogP contribution is -2.51. The number of ether oxygens (including phenoxy) is 1. The Morgan fingerprint density at radius 1 is 0.971 bits per heavy atom. The topological polar surface area (TPSA) is 53.1 Å². The predicted molar refractivity (Wildman–Crippen MR) is 139 cm³/mol. The molecule has 3 aliphatic heterocycles. The third-order valence-electron chi connectivity index (χ3n) is 7.28. The second kappa shape index (κ2) is 8.73. The summed E-state index contributed by atoms with van der Waals surface area (Å²) in [4.78, 5) is 32.3. The second-order valence-corrected chi connectivity index (χ2v) is 10.4. The first-order valence-corrected chi connectivity index (χ1v) is 12.9. The molecule has 0 bridgehead atoms. The molecule has 0 aromatic heterocycles. The minimum Gasteiger partial charge on any atom is -0.497 e. The summed E-state index contributed by atoms with van der Waals surface area (Å²) in [6, 6.07) is 25.9. The van der Waals surface area contributed by atoms with Crippen molar-refractivity contribution in [2.75, 3.05) is 42.4 Å². The van der Waals surface area contributed by atoms with Crippen LogP contribution >= 0.6 is 11.8 Å². The van der Waals surface area contributed by atoms with Crippen molar-refractivity contribution in [3.8, 4) is 5.75 Å². The largest absolute Gasteiger partial charge is 0.497 e. The van der Waals surface area contributed by atoms with Gasteiger partial charge in [-0.25, -0.2) is 0 Å². The molecule has 6 nitrogen and oxygen atoms in total. The number of carbonyl (C=O) groups is 2. The molecule has 0 aliphatic carbocycles. The summed E-state index contributed by atoms with van der Waals surface area (Å²) in [7, 11) is 1.61. The molecule has 0 unspecified atom stereocenters. The summed E-state index contributed by atoms with van der Waals surface area (Å²) in [6.45, 7) is 2.37. The van der Waals surface area contributed by atoms with E-state index in [0.717, 1.165) is 30.8 Å². The maximum atomic E-state index is 14.2. The summed E-state index contributed by atoms with van der Waals surface area (Å²) in [6.07, 6.45) is 1.07. The van der Waals surface area contributed by atoms with Gasteiger partial charge >= 0.3 is 0 Å². The van der Waals surface area contributed by atoms with Crippen LogP contribution in [0.1, 0.15) is 23.5 Å². The van der Waals surface area contributed by atoms with Gasteiger partial charge in [0.1, 0.15) is 5.75 Å². The summed E-state index contributed by atoms with van der Waals surface area (Å²) < 4.78 is 5.30. The second-order valence-electron chi connectivity index (χ2n) is 9.22. The number of thioether (sulfide) groups is 1. The first kappa shape index (κ1) is 22.2. The molecule has 6 rings (SSSR count). The number of hydrogen-bond acceptors (Lipinski definition) is 5. The van der Waals surface area contributed by atoms with Gasteiger partial charge in [0.2, 0.25) is 10.8 Å². The number of likely N-dealkylation sites (tertiary alicyclic amines) is 1. The number of anilines is 2. The van der Waals surface area contributed by atoms with E-state index in [1.54, 1.807) is 12.0 Å². The fourth-order valence-corrected chi connectivity index (χ4v) is 6.95. The molecule has 2 amide bonds. The van der Waals surface area contributed by atoms with Gasteiger partial charge in [-0.2, -0.15) is 0 Å². The van der Waals surface area contributed by atoms with Gasteiger partial charge in [-0.3, -0.25) is 24.3 Å². The molecule has 2 saturated heterocycles. The Hall–Kier alpha value is -3.29. The van der Waals surface area contributed by atoms with Crippen molar-refractivity contribution in [2.24, 2.45) is 0 Å². The van der Waals surface area contributed by atoms with Crippen LogP contribution in [0.3, 0.4) is 0 Å². The van der Waals surface area contributed by atoms with E-state index < -0.39 is 4.87 Å². The zero-order valence-corrected chi connectivity index (χ0v) is 20.4. The molecule has 2 fully saturated rings. The molecule has 7 heteroatoms. The molecule has 3 aliphatic rings. The normalized spacial score (nSPS) is 24.0. The number of amides is 2. The highest BCUT2D eigenvalue weighted by atomic mass is 32.2. The van der Waals surface area contributed by atoms with Crippen LogP contribution < -0.4 is 14.5 Å². The molecule has 2 atom stereocenters. The molecule has 3 heterocycles. The Morgan fingerprint density at radius 3 is 2.49 bits per heavy atom. The number of nitrogens with zero attached hydrogens (tertiary/aromatic N) is 3. The Bertz CT molecular complexity index is 1270. The molecule has 178 valence electrons. The maximum absolute atomic E-state index is 14.2. The Kier molecular flexibility index (Phi) is 5.54. The van der Waals surface area contributed by atoms with E-state index in [4.69, 9.17) is 4.74 Å². The van der Waals surface area contributed by atoms with Crippen molar-refractivity contribution in [3.63, 3.8) is 0 Å². The minimum absolute atomic E-state index is 0.0477. The van der Waals surface area contributed by atoms with Crippen molar-refractivity contribution in [2.45, 2.75) is 17.2 Å². The number of methoxy groups -OCH3 is 1. The maximum Gasteiger partial charge on any atom is 0.269 e. The Balaban J connectivity index is 1.32. The highest BCUT2D eigenvalue weighted by Gasteiger charge is 2.61. The molecule has 0 saturated carbocycles. The van der Waals surface area contributed by atoms with Gasteiger partial charge < -0.3 is 4.74 Å². The van der Waals surface area contributed by atoms with Gasteiger partial charge in [0.15, 0.2) is 0 Å². The van der Waals surface area contributed by atoms with Crippen LogP contribution in [0.25, 0.3) is 0 Å². The van der Waals surface area contributed by atoms with E-state index in [0.29, 0.717) is 24.0 Å². The smallest absolute Gasteiger partial charge is 0.269 e. The monoisotopic (exact) mass is 485 g/mol. The Morgan fingerprint density at radius 2 is 1.71 bits per heavy atom. The summed E-state index contributed by atoms with van der Waals surface area (Å²) in [5, 5.41) is 0. The fraction of sp³-hybridized carbons (Fsp3) is 0.286. The van der Waals surface area contributed by atoms with Crippen molar-refractivity contribution in [1.29, 1.82) is 0 Å². The summed E-state index contributed by atoms with van der Waals surface area (Å²) in [5.74, 6) is 1.34. The lowest BCUT2D eigenvalue weighted by Gasteiger charge is -2.34. The predicted octanol–water partition coefficient (Wildman–Crippen LogP) is 4.42. The third kappa shape index (κ3) is 3.53. The molecule has 0 N–H and O–H groups in total. The molecule has 1 spiro atoms. The van der Waals surface area contributed by atoms with Gasteiger partial charge in [0.05, 0.1) is 25.2 Å². The first-order valence-electron chi connectivity index (χ1n) is 11.9. The SMILES string of the molecule is COc1ccc(N2C(=O)CS[C@]23C(=O)N(CN2CC[C@@H](c4ccccc4)C2)c2ccccc23)cc1. The average molecular weight is 486 g/mol. The lowest BCUT2D eigenvalue weighted by atomic mass is 9.99. The van der Waals surface area contributed by atoms with E-state index >= 15 is 0 Å². The number of para-hydroxylation sites is 1. The molecule has 3 aromatic carbocycles. The molecule has 0 radical (unpaired) electrons. The van der Waals surface area contributed by atoms with Crippen molar-refractivity contribution < 1.29 is 14.3 Å². The number of benzene rings is 3. The molecular formula is C28H27N3O3S. The van der Waals surface area contributed by atoms with E-state index in [-0.39, 0.29) is 17.6 Å². The van der Waals surface area contributed by atoms with Crippen molar-refractivity contribution in [3.05, 3.63) is 90.0 Å². The zero-order valence-electron chi connectivity index (χ0n) is 19.6. The zero-order chi connectivity index (χ0) is 24.0. The highest BCUT2D eigenvalue weighted by Crippen LogP contribution is 2.55. The Labute approximate surface area is 209 Å². The molecule has 35 heavy (non-hydrogen) atoms. The standard InChI is InChI=1S/C28H27N3O3S/c1-34-23-13-11-22(12-14-23)31-26(32)18-35-28(31)24-9-5-6-10-25(24)30(27(28)33)19-29-16-15-21(17-29)20-7-3-2-4-8-20/h2-14,21H,15-19H2,1H3/t21-,28-/m1/s1. The first-order chi connectivity index (χ1) is 17.1. The van der Waals surface area contributed by atoms with Crippen LogP contribution in [0.4, 0.5) is 11.4 Å². The van der Waals surface area contributed by atoms with Gasteiger partial charge in [-0.1, -0.05) is 48.5 Å². The lowest BCUT2D eigenvalue weighted by molar-refractivity contribution is -0.123. The summed E-state index contributed by atoms with van der Waals surface area (Å²) in [5.41, 5.74) is 3.83. The van der Waals surface area contributed by atoms with E-state index in [1.165, 1.54) is 17.3 Å².